The van der Waals surface area contributed by atoms with E-state index in [1.807, 2.05) is 0 Å². The van der Waals surface area contributed by atoms with E-state index in [-0.39, 0.29) is 5.82 Å². The molecule has 0 bridgehead atoms. The van der Waals surface area contributed by atoms with E-state index in [9.17, 15) is 8.78 Å². The SMILES string of the molecule is N[C@H]1c2ccc(F)cc2CC[C@H]1F. The van der Waals surface area contributed by atoms with Gasteiger partial charge >= 0.3 is 0 Å². The first kappa shape index (κ1) is 8.63. The van der Waals surface area contributed by atoms with Crippen molar-refractivity contribution < 1.29 is 8.78 Å². The van der Waals surface area contributed by atoms with Crippen molar-refractivity contribution in [1.29, 1.82) is 0 Å². The molecule has 0 saturated carbocycles. The second-order valence-electron chi connectivity index (χ2n) is 3.42. The molecule has 13 heavy (non-hydrogen) atoms. The normalized spacial score (nSPS) is 27.0. The van der Waals surface area contributed by atoms with Crippen LogP contribution in [0.3, 0.4) is 0 Å². The first-order chi connectivity index (χ1) is 6.18. The van der Waals surface area contributed by atoms with Crippen LogP contribution >= 0.6 is 0 Å². The summed E-state index contributed by atoms with van der Waals surface area (Å²) < 4.78 is 25.9. The van der Waals surface area contributed by atoms with Gasteiger partial charge in [-0.3, -0.25) is 0 Å². The molecule has 70 valence electrons. The van der Waals surface area contributed by atoms with Crippen LogP contribution in [0.15, 0.2) is 18.2 Å². The van der Waals surface area contributed by atoms with E-state index in [4.69, 9.17) is 5.73 Å². The maximum absolute atomic E-state index is 13.1. The van der Waals surface area contributed by atoms with E-state index < -0.39 is 12.2 Å². The molecule has 0 radical (unpaired) electrons. The van der Waals surface area contributed by atoms with Crippen LogP contribution in [-0.2, 0) is 6.42 Å². The zero-order valence-electron chi connectivity index (χ0n) is 7.13. The number of nitrogens with two attached hydrogens (primary N) is 1. The van der Waals surface area contributed by atoms with Gasteiger partial charge in [0.2, 0.25) is 0 Å². The van der Waals surface area contributed by atoms with Gasteiger partial charge in [-0.2, -0.15) is 0 Å². The molecule has 0 aromatic heterocycles. The average molecular weight is 183 g/mol. The Labute approximate surface area is 75.6 Å². The molecule has 0 fully saturated rings. The number of halogens is 2. The highest BCUT2D eigenvalue weighted by molar-refractivity contribution is 5.33. The molecule has 0 amide bonds. The molecule has 0 heterocycles. The molecule has 1 nitrogen and oxygen atoms in total. The Kier molecular flexibility index (Phi) is 2.04. The maximum Gasteiger partial charge on any atom is 0.123 e. The van der Waals surface area contributed by atoms with Crippen molar-refractivity contribution in [3.8, 4) is 0 Å². The van der Waals surface area contributed by atoms with Gasteiger partial charge in [0, 0.05) is 0 Å². The largest absolute Gasteiger partial charge is 0.322 e. The molecule has 3 heteroatoms. The van der Waals surface area contributed by atoms with Crippen LogP contribution in [0.2, 0.25) is 0 Å². The van der Waals surface area contributed by atoms with Gasteiger partial charge in [0.15, 0.2) is 0 Å². The third kappa shape index (κ3) is 1.44. The molecule has 2 N–H and O–H groups in total. The van der Waals surface area contributed by atoms with Crippen LogP contribution in [-0.4, -0.2) is 6.17 Å². The summed E-state index contributed by atoms with van der Waals surface area (Å²) in [6.07, 6.45) is -0.00230. The lowest BCUT2D eigenvalue weighted by Gasteiger charge is -2.25. The summed E-state index contributed by atoms with van der Waals surface area (Å²) >= 11 is 0. The standard InChI is InChI=1S/C10H11F2N/c11-7-2-3-8-6(5-7)1-4-9(12)10(8)13/h2-3,5,9-10H,1,4,13H2/t9-,10+/m1/s1. The van der Waals surface area contributed by atoms with Gasteiger partial charge in [0.25, 0.3) is 0 Å². The maximum atomic E-state index is 13.1. The quantitative estimate of drug-likeness (QED) is 0.655. The Balaban J connectivity index is 2.44. The Morgan fingerprint density at radius 3 is 2.92 bits per heavy atom. The molecule has 0 saturated heterocycles. The van der Waals surface area contributed by atoms with E-state index in [1.165, 1.54) is 12.1 Å². The fourth-order valence-corrected chi connectivity index (χ4v) is 1.78. The van der Waals surface area contributed by atoms with Crippen molar-refractivity contribution in [2.75, 3.05) is 0 Å². The van der Waals surface area contributed by atoms with Gasteiger partial charge in [-0.15, -0.1) is 0 Å². The predicted octanol–water partition coefficient (Wildman–Crippen LogP) is 2.11. The van der Waals surface area contributed by atoms with Crippen LogP contribution in [0.5, 0.6) is 0 Å². The Hall–Kier alpha value is -0.960. The Morgan fingerprint density at radius 1 is 1.38 bits per heavy atom. The molecule has 2 atom stereocenters. The van der Waals surface area contributed by atoms with Gasteiger partial charge < -0.3 is 5.73 Å². The Bertz CT molecular complexity index is 325. The second-order valence-corrected chi connectivity index (χ2v) is 3.42. The van der Waals surface area contributed by atoms with Gasteiger partial charge in [-0.25, -0.2) is 8.78 Å². The number of hydrogen-bond acceptors (Lipinski definition) is 1. The predicted molar refractivity (Wildman–Crippen MR) is 46.5 cm³/mol. The van der Waals surface area contributed by atoms with Gasteiger partial charge in [0.05, 0.1) is 6.04 Å². The lowest BCUT2D eigenvalue weighted by atomic mass is 9.87. The van der Waals surface area contributed by atoms with E-state index in [0.717, 1.165) is 11.1 Å². The highest BCUT2D eigenvalue weighted by Crippen LogP contribution is 2.30. The number of rotatable bonds is 0. The average Bonchev–Trinajstić information content (AvgIpc) is 2.12. The third-order valence-electron chi connectivity index (χ3n) is 2.54. The monoisotopic (exact) mass is 183 g/mol. The summed E-state index contributed by atoms with van der Waals surface area (Å²) in [6, 6.07) is 3.78. The van der Waals surface area contributed by atoms with Crippen LogP contribution in [0.25, 0.3) is 0 Å². The highest BCUT2D eigenvalue weighted by atomic mass is 19.1. The topological polar surface area (TPSA) is 26.0 Å². The van der Waals surface area contributed by atoms with Crippen molar-refractivity contribution >= 4 is 0 Å². The summed E-state index contributed by atoms with van der Waals surface area (Å²) in [5, 5.41) is 0. The number of hydrogen-bond donors (Lipinski definition) is 1. The Morgan fingerprint density at radius 2 is 2.15 bits per heavy atom. The lowest BCUT2D eigenvalue weighted by Crippen LogP contribution is -2.28. The van der Waals surface area contributed by atoms with E-state index in [2.05, 4.69) is 0 Å². The summed E-state index contributed by atoms with van der Waals surface area (Å²) in [6.45, 7) is 0. The molecular weight excluding hydrogens is 172 g/mol. The fourth-order valence-electron chi connectivity index (χ4n) is 1.78. The molecule has 1 aromatic carbocycles. The summed E-state index contributed by atoms with van der Waals surface area (Å²) in [7, 11) is 0. The van der Waals surface area contributed by atoms with E-state index >= 15 is 0 Å². The van der Waals surface area contributed by atoms with Crippen molar-refractivity contribution in [1.82, 2.24) is 0 Å². The van der Waals surface area contributed by atoms with Crippen molar-refractivity contribution in [3.05, 3.63) is 35.1 Å². The minimum atomic E-state index is -0.988. The van der Waals surface area contributed by atoms with Crippen LogP contribution in [0.1, 0.15) is 23.6 Å². The van der Waals surface area contributed by atoms with Crippen LogP contribution in [0.4, 0.5) is 8.78 Å². The van der Waals surface area contributed by atoms with Crippen LogP contribution in [0, 0.1) is 5.82 Å². The van der Waals surface area contributed by atoms with Gasteiger partial charge in [-0.05, 0) is 36.1 Å². The molecular formula is C10H11F2N. The first-order valence-corrected chi connectivity index (χ1v) is 4.36. The highest BCUT2D eigenvalue weighted by Gasteiger charge is 2.26. The molecule has 0 unspecified atom stereocenters. The summed E-state index contributed by atoms with van der Waals surface area (Å²) in [5.74, 6) is -0.275. The van der Waals surface area contributed by atoms with E-state index in [0.29, 0.717) is 12.8 Å². The molecule has 1 aromatic rings. The minimum Gasteiger partial charge on any atom is -0.322 e. The first-order valence-electron chi connectivity index (χ1n) is 4.36. The summed E-state index contributed by atoms with van der Waals surface area (Å²) in [5.41, 5.74) is 7.24. The molecule has 0 spiro atoms. The second kappa shape index (κ2) is 3.07. The zero-order chi connectivity index (χ0) is 9.42. The van der Waals surface area contributed by atoms with Gasteiger partial charge in [-0.1, -0.05) is 6.07 Å². The number of benzene rings is 1. The van der Waals surface area contributed by atoms with Gasteiger partial charge in [0.1, 0.15) is 12.0 Å². The van der Waals surface area contributed by atoms with Crippen LogP contribution < -0.4 is 5.73 Å². The van der Waals surface area contributed by atoms with E-state index in [1.54, 1.807) is 6.07 Å². The molecule has 2 rings (SSSR count). The molecule has 1 aliphatic rings. The summed E-state index contributed by atoms with van der Waals surface area (Å²) in [4.78, 5) is 0. The fraction of sp³-hybridized carbons (Fsp3) is 0.400. The molecule has 1 aliphatic carbocycles. The minimum absolute atomic E-state index is 0.275. The number of fused-ring (bicyclic) bond motifs is 1. The zero-order valence-corrected chi connectivity index (χ0v) is 7.13. The molecule has 0 aliphatic heterocycles. The third-order valence-corrected chi connectivity index (χ3v) is 2.54. The smallest absolute Gasteiger partial charge is 0.123 e. The van der Waals surface area contributed by atoms with Crippen molar-refractivity contribution in [2.45, 2.75) is 25.1 Å². The van der Waals surface area contributed by atoms with Crippen molar-refractivity contribution in [2.24, 2.45) is 5.73 Å². The number of alkyl halides is 1. The van der Waals surface area contributed by atoms with Crippen molar-refractivity contribution in [3.63, 3.8) is 0 Å². The lowest BCUT2D eigenvalue weighted by molar-refractivity contribution is 0.254. The number of aryl methyl sites for hydroxylation is 1.